The summed E-state index contributed by atoms with van der Waals surface area (Å²) in [5.41, 5.74) is 3.89. The molecule has 0 heterocycles. The van der Waals surface area contributed by atoms with Crippen LogP contribution in [0.3, 0.4) is 0 Å². The van der Waals surface area contributed by atoms with Crippen LogP contribution in [-0.4, -0.2) is 15.5 Å². The fraction of sp³-hybridized carbons (Fsp3) is 0. The van der Waals surface area contributed by atoms with Crippen molar-refractivity contribution in [2.45, 2.75) is 0 Å². The molecule has 46 valence electrons. The first-order valence-corrected chi connectivity index (χ1v) is 2.46. The summed E-state index contributed by atoms with van der Waals surface area (Å²) in [6.07, 6.45) is -1.19. The number of hydrogen-bond acceptors (Lipinski definition) is 2. The van der Waals surface area contributed by atoms with Gasteiger partial charge in [-0.2, -0.15) is 0 Å². The van der Waals surface area contributed by atoms with E-state index in [-0.39, 0.29) is 4.32 Å². The van der Waals surface area contributed by atoms with Crippen LogP contribution in [0.15, 0.2) is 0 Å². The minimum Gasteiger partial charge on any atom is -0.464 e. The molecule has 0 aromatic rings. The number of hydrazine groups is 1. The van der Waals surface area contributed by atoms with E-state index < -0.39 is 6.09 Å². The van der Waals surface area contributed by atoms with Crippen LogP contribution in [0.25, 0.3) is 0 Å². The van der Waals surface area contributed by atoms with E-state index in [9.17, 15) is 4.79 Å². The average molecular weight is 152 g/mol. The zero-order valence-corrected chi connectivity index (χ0v) is 5.42. The Morgan fingerprint density at radius 2 is 2.12 bits per heavy atom. The lowest BCUT2D eigenvalue weighted by Crippen LogP contribution is -2.37. The lowest BCUT2D eigenvalue weighted by molar-refractivity contribution is 0.192. The molecule has 0 radical (unpaired) electrons. The van der Waals surface area contributed by atoms with E-state index in [1.165, 1.54) is 0 Å². The molecule has 0 fully saturated rings. The van der Waals surface area contributed by atoms with Gasteiger partial charge in [0, 0.05) is 0 Å². The van der Waals surface area contributed by atoms with Crippen molar-refractivity contribution in [3.63, 3.8) is 0 Å². The molecular formula is C2H4N2O2S2. The first kappa shape index (κ1) is 7.51. The number of nitrogens with one attached hydrogen (secondary N) is 2. The second-order valence-electron chi connectivity index (χ2n) is 0.860. The topological polar surface area (TPSA) is 61.4 Å². The molecule has 1 amide bonds. The predicted octanol–water partition coefficient (Wildman–Crippen LogP) is -0.0267. The van der Waals surface area contributed by atoms with Crippen LogP contribution in [0, 0.1) is 0 Å². The van der Waals surface area contributed by atoms with Gasteiger partial charge in [0.2, 0.25) is 0 Å². The van der Waals surface area contributed by atoms with Crippen LogP contribution in [0.5, 0.6) is 0 Å². The zero-order chi connectivity index (χ0) is 6.57. The van der Waals surface area contributed by atoms with E-state index in [4.69, 9.17) is 5.11 Å². The van der Waals surface area contributed by atoms with Gasteiger partial charge in [-0.15, -0.1) is 12.6 Å². The number of thiocarbonyl (C=S) groups is 1. The number of hydrogen-bond donors (Lipinski definition) is 4. The number of thiol groups is 1. The first-order valence-electron chi connectivity index (χ1n) is 1.61. The smallest absolute Gasteiger partial charge is 0.423 e. The fourth-order valence-corrected chi connectivity index (χ4v) is 0.214. The van der Waals surface area contributed by atoms with E-state index in [1.807, 2.05) is 0 Å². The first-order chi connectivity index (χ1) is 3.63. The van der Waals surface area contributed by atoms with Crippen molar-refractivity contribution in [3.8, 4) is 0 Å². The Morgan fingerprint density at radius 3 is 2.25 bits per heavy atom. The third-order valence-electron chi connectivity index (χ3n) is 0.276. The van der Waals surface area contributed by atoms with Gasteiger partial charge in [-0.25, -0.2) is 10.2 Å². The number of amides is 1. The molecule has 0 aliphatic heterocycles. The van der Waals surface area contributed by atoms with Gasteiger partial charge in [0.25, 0.3) is 0 Å². The molecule has 6 heteroatoms. The molecule has 0 aromatic carbocycles. The average Bonchev–Trinajstić information content (AvgIpc) is 1.61. The van der Waals surface area contributed by atoms with Gasteiger partial charge in [0.15, 0.2) is 0 Å². The van der Waals surface area contributed by atoms with Crippen molar-refractivity contribution in [1.82, 2.24) is 10.9 Å². The van der Waals surface area contributed by atoms with E-state index in [1.54, 1.807) is 5.43 Å². The molecule has 0 bridgehead atoms. The summed E-state index contributed by atoms with van der Waals surface area (Å²) < 4.78 is 0.0902. The standard InChI is InChI=1S/C2H4N2O2S2/c5-1(6)3-4-2(7)8/h3H,(H,5,6)(H2,4,7,8). The maximum atomic E-state index is 9.64. The van der Waals surface area contributed by atoms with Gasteiger partial charge >= 0.3 is 6.09 Å². The van der Waals surface area contributed by atoms with Gasteiger partial charge in [0.1, 0.15) is 4.32 Å². The van der Waals surface area contributed by atoms with Crippen molar-refractivity contribution >= 4 is 35.3 Å². The molecule has 0 aliphatic carbocycles. The van der Waals surface area contributed by atoms with Gasteiger partial charge in [0.05, 0.1) is 0 Å². The molecule has 0 aliphatic rings. The normalized spacial score (nSPS) is 7.62. The molecular weight excluding hydrogens is 148 g/mol. The van der Waals surface area contributed by atoms with Crippen molar-refractivity contribution < 1.29 is 9.90 Å². The Bertz CT molecular complexity index is 101. The van der Waals surface area contributed by atoms with E-state index >= 15 is 0 Å². The summed E-state index contributed by atoms with van der Waals surface area (Å²) in [6, 6.07) is 0. The second kappa shape index (κ2) is 3.50. The van der Waals surface area contributed by atoms with Crippen LogP contribution in [0.4, 0.5) is 4.79 Å². The highest BCUT2D eigenvalue weighted by Crippen LogP contribution is 1.71. The monoisotopic (exact) mass is 152 g/mol. The van der Waals surface area contributed by atoms with Crippen molar-refractivity contribution in [2.24, 2.45) is 0 Å². The lowest BCUT2D eigenvalue weighted by atomic mass is 11.2. The SMILES string of the molecule is O=C(O)NNC(=S)S. The minimum atomic E-state index is -1.19. The van der Waals surface area contributed by atoms with Crippen LogP contribution < -0.4 is 10.9 Å². The van der Waals surface area contributed by atoms with Gasteiger partial charge < -0.3 is 5.11 Å². The molecule has 0 atom stereocenters. The lowest BCUT2D eigenvalue weighted by Gasteiger charge is -1.98. The van der Waals surface area contributed by atoms with Crippen molar-refractivity contribution in [3.05, 3.63) is 0 Å². The van der Waals surface area contributed by atoms with Crippen LogP contribution >= 0.6 is 24.8 Å². The van der Waals surface area contributed by atoms with Gasteiger partial charge in [-0.3, -0.25) is 5.43 Å². The molecule has 4 nitrogen and oxygen atoms in total. The number of rotatable bonds is 0. The Balaban J connectivity index is 3.18. The molecule has 0 saturated heterocycles. The van der Waals surface area contributed by atoms with E-state index in [0.717, 1.165) is 0 Å². The maximum Gasteiger partial charge on any atom is 0.423 e. The highest BCUT2D eigenvalue weighted by molar-refractivity contribution is 8.11. The summed E-state index contributed by atoms with van der Waals surface area (Å²) in [6.45, 7) is 0. The zero-order valence-electron chi connectivity index (χ0n) is 3.71. The van der Waals surface area contributed by atoms with Crippen LogP contribution in [-0.2, 0) is 0 Å². The predicted molar refractivity (Wildman–Crippen MR) is 35.9 cm³/mol. The fourth-order valence-electron chi connectivity index (χ4n) is 0.107. The molecule has 3 N–H and O–H groups in total. The summed E-state index contributed by atoms with van der Waals surface area (Å²) in [5, 5.41) is 7.90. The highest BCUT2D eigenvalue weighted by atomic mass is 32.1. The number of carbonyl (C=O) groups is 1. The molecule has 0 rings (SSSR count). The summed E-state index contributed by atoms with van der Waals surface area (Å²) in [5.74, 6) is 0. The minimum absolute atomic E-state index is 0.0902. The quantitative estimate of drug-likeness (QED) is 0.224. The van der Waals surface area contributed by atoms with Crippen molar-refractivity contribution in [2.75, 3.05) is 0 Å². The summed E-state index contributed by atoms with van der Waals surface area (Å²) in [7, 11) is 0. The van der Waals surface area contributed by atoms with Crippen molar-refractivity contribution in [1.29, 1.82) is 0 Å². The third kappa shape index (κ3) is 5.51. The van der Waals surface area contributed by atoms with E-state index in [0.29, 0.717) is 0 Å². The summed E-state index contributed by atoms with van der Waals surface area (Å²) >= 11 is 7.91. The second-order valence-corrected chi connectivity index (χ2v) is 2.02. The molecule has 8 heavy (non-hydrogen) atoms. The Kier molecular flexibility index (Phi) is 3.29. The van der Waals surface area contributed by atoms with Crippen LogP contribution in [0.2, 0.25) is 0 Å². The highest BCUT2D eigenvalue weighted by Gasteiger charge is 1.89. The Hall–Kier alpha value is -0.490. The van der Waals surface area contributed by atoms with Crippen LogP contribution in [0.1, 0.15) is 0 Å². The molecule has 0 aromatic heterocycles. The number of carboxylic acid groups (broad SMARTS) is 1. The Labute approximate surface area is 56.6 Å². The maximum absolute atomic E-state index is 9.64. The largest absolute Gasteiger partial charge is 0.464 e. The third-order valence-corrected chi connectivity index (χ3v) is 0.490. The molecule has 0 saturated carbocycles. The summed E-state index contributed by atoms with van der Waals surface area (Å²) in [4.78, 5) is 9.64. The Morgan fingerprint density at radius 1 is 1.62 bits per heavy atom. The van der Waals surface area contributed by atoms with Gasteiger partial charge in [-0.1, -0.05) is 12.2 Å². The molecule has 0 unspecified atom stereocenters. The van der Waals surface area contributed by atoms with Gasteiger partial charge in [-0.05, 0) is 0 Å². The van der Waals surface area contributed by atoms with E-state index in [2.05, 4.69) is 30.3 Å². The molecule has 0 spiro atoms.